The average molecular weight is 372 g/mol. The van der Waals surface area contributed by atoms with E-state index in [0.717, 1.165) is 24.8 Å². The van der Waals surface area contributed by atoms with Crippen molar-refractivity contribution in [3.8, 4) is 5.75 Å². The third kappa shape index (κ3) is 3.45. The van der Waals surface area contributed by atoms with E-state index in [9.17, 15) is 14.0 Å². The van der Waals surface area contributed by atoms with Crippen LogP contribution in [-0.2, 0) is 9.59 Å². The van der Waals surface area contributed by atoms with E-state index in [1.165, 1.54) is 18.2 Å². The predicted molar refractivity (Wildman–Crippen MR) is 98.6 cm³/mol. The molecule has 1 aromatic carbocycles. The van der Waals surface area contributed by atoms with Crippen molar-refractivity contribution in [2.24, 2.45) is 5.92 Å². The monoisotopic (exact) mass is 372 g/mol. The van der Waals surface area contributed by atoms with E-state index >= 15 is 0 Å². The molecule has 27 heavy (non-hydrogen) atoms. The van der Waals surface area contributed by atoms with Crippen LogP contribution in [-0.4, -0.2) is 35.4 Å². The van der Waals surface area contributed by atoms with Gasteiger partial charge in [0.1, 0.15) is 17.2 Å². The molecule has 1 aromatic rings. The molecule has 2 heterocycles. The summed E-state index contributed by atoms with van der Waals surface area (Å²) in [5.41, 5.74) is 0.503. The van der Waals surface area contributed by atoms with Crippen LogP contribution in [0.3, 0.4) is 0 Å². The number of carbonyl (C=O) groups excluding carboxylic acids is 2. The number of ether oxygens (including phenoxy) is 1. The smallest absolute Gasteiger partial charge is 0.245 e. The van der Waals surface area contributed by atoms with Crippen molar-refractivity contribution in [3.05, 3.63) is 42.2 Å². The second-order valence-corrected chi connectivity index (χ2v) is 7.89. The molecular weight excluding hydrogens is 347 g/mol. The first-order valence-electron chi connectivity index (χ1n) is 9.70. The molecule has 1 aliphatic carbocycles. The Bertz CT molecular complexity index is 767. The van der Waals surface area contributed by atoms with Crippen LogP contribution in [0.4, 0.5) is 4.39 Å². The number of amides is 2. The highest BCUT2D eigenvalue weighted by molar-refractivity contribution is 5.87. The van der Waals surface area contributed by atoms with Crippen molar-refractivity contribution in [1.82, 2.24) is 10.2 Å². The van der Waals surface area contributed by atoms with Gasteiger partial charge in [0, 0.05) is 31.0 Å². The molecule has 0 bridgehead atoms. The zero-order chi connectivity index (χ0) is 19.0. The highest BCUT2D eigenvalue weighted by Crippen LogP contribution is 2.49. The van der Waals surface area contributed by atoms with Crippen LogP contribution in [0.15, 0.2) is 30.9 Å². The summed E-state index contributed by atoms with van der Waals surface area (Å²) in [5.74, 6) is 0.124. The van der Waals surface area contributed by atoms with E-state index in [4.69, 9.17) is 4.74 Å². The molecule has 1 saturated carbocycles. The maximum atomic E-state index is 13.8. The number of nitrogens with one attached hydrogen (secondary N) is 1. The Balaban J connectivity index is 1.45. The van der Waals surface area contributed by atoms with Crippen LogP contribution >= 0.6 is 0 Å². The van der Waals surface area contributed by atoms with Gasteiger partial charge in [-0.05, 0) is 56.4 Å². The number of carbonyl (C=O) groups is 2. The Labute approximate surface area is 158 Å². The van der Waals surface area contributed by atoms with E-state index in [1.54, 1.807) is 11.0 Å². The van der Waals surface area contributed by atoms with Crippen molar-refractivity contribution < 1.29 is 18.7 Å². The largest absolute Gasteiger partial charge is 0.487 e. The molecule has 2 aliphatic heterocycles. The lowest BCUT2D eigenvalue weighted by Gasteiger charge is -2.48. The molecule has 2 amide bonds. The van der Waals surface area contributed by atoms with Crippen LogP contribution in [0.1, 0.15) is 50.1 Å². The highest BCUT2D eigenvalue weighted by Gasteiger charge is 2.46. The van der Waals surface area contributed by atoms with E-state index in [-0.39, 0.29) is 35.2 Å². The summed E-state index contributed by atoms with van der Waals surface area (Å²) in [5, 5.41) is 3.14. The van der Waals surface area contributed by atoms with Crippen molar-refractivity contribution >= 4 is 11.8 Å². The Hall–Kier alpha value is -2.37. The molecular formula is C21H25FN2O3. The number of hydrogen-bond acceptors (Lipinski definition) is 3. The maximum Gasteiger partial charge on any atom is 0.245 e. The molecule has 1 saturated heterocycles. The van der Waals surface area contributed by atoms with E-state index in [2.05, 4.69) is 11.9 Å². The maximum absolute atomic E-state index is 13.8. The average Bonchev–Trinajstić information content (AvgIpc) is 2.66. The second-order valence-electron chi connectivity index (χ2n) is 7.89. The molecule has 144 valence electrons. The fourth-order valence-corrected chi connectivity index (χ4v) is 4.43. The fraction of sp³-hybridized carbons (Fsp3) is 0.524. The van der Waals surface area contributed by atoms with Gasteiger partial charge in [-0.3, -0.25) is 9.59 Å². The van der Waals surface area contributed by atoms with Gasteiger partial charge in [0.15, 0.2) is 0 Å². The van der Waals surface area contributed by atoms with Gasteiger partial charge >= 0.3 is 0 Å². The Kier molecular flexibility index (Phi) is 4.66. The molecule has 0 radical (unpaired) electrons. The normalized spacial score (nSPS) is 23.7. The SMILES string of the molecule is C=CC(=O)N1CCC(C(=O)N[C@H]2CC3(CCC3)Oc3ccc(F)cc32)CC1. The number of piperidine rings is 1. The Morgan fingerprint density at radius 2 is 2.04 bits per heavy atom. The summed E-state index contributed by atoms with van der Waals surface area (Å²) in [7, 11) is 0. The van der Waals surface area contributed by atoms with Gasteiger partial charge in [0.25, 0.3) is 0 Å². The Morgan fingerprint density at radius 1 is 1.30 bits per heavy atom. The first kappa shape index (κ1) is 18.0. The van der Waals surface area contributed by atoms with Gasteiger partial charge in [0.05, 0.1) is 6.04 Å². The number of benzene rings is 1. The third-order valence-corrected chi connectivity index (χ3v) is 6.18. The van der Waals surface area contributed by atoms with E-state index < -0.39 is 0 Å². The molecule has 5 nitrogen and oxygen atoms in total. The number of likely N-dealkylation sites (tertiary alicyclic amines) is 1. The molecule has 0 aromatic heterocycles. The fourth-order valence-electron chi connectivity index (χ4n) is 4.43. The minimum absolute atomic E-state index is 0.0164. The van der Waals surface area contributed by atoms with Crippen molar-refractivity contribution in [3.63, 3.8) is 0 Å². The lowest BCUT2D eigenvalue weighted by atomic mass is 9.73. The molecule has 1 atom stereocenters. The van der Waals surface area contributed by atoms with Gasteiger partial charge in [-0.2, -0.15) is 0 Å². The molecule has 2 fully saturated rings. The van der Waals surface area contributed by atoms with E-state index in [1.807, 2.05) is 0 Å². The predicted octanol–water partition coefficient (Wildman–Crippen LogP) is 3.11. The lowest BCUT2D eigenvalue weighted by Crippen LogP contribution is -2.51. The van der Waals surface area contributed by atoms with Crippen molar-refractivity contribution in [2.75, 3.05) is 13.1 Å². The summed E-state index contributed by atoms with van der Waals surface area (Å²) in [6.07, 6.45) is 6.32. The molecule has 1 spiro atoms. The zero-order valence-electron chi connectivity index (χ0n) is 15.4. The van der Waals surface area contributed by atoms with Gasteiger partial charge < -0.3 is 15.0 Å². The van der Waals surface area contributed by atoms with Crippen LogP contribution < -0.4 is 10.1 Å². The summed E-state index contributed by atoms with van der Waals surface area (Å²) in [6, 6.07) is 4.31. The first-order valence-corrected chi connectivity index (χ1v) is 9.70. The molecule has 6 heteroatoms. The van der Waals surface area contributed by atoms with Crippen LogP contribution in [0.25, 0.3) is 0 Å². The number of rotatable bonds is 3. The zero-order valence-corrected chi connectivity index (χ0v) is 15.4. The number of hydrogen-bond donors (Lipinski definition) is 1. The first-order chi connectivity index (χ1) is 13.0. The third-order valence-electron chi connectivity index (χ3n) is 6.18. The van der Waals surface area contributed by atoms with Gasteiger partial charge in [0.2, 0.25) is 11.8 Å². The van der Waals surface area contributed by atoms with E-state index in [0.29, 0.717) is 38.1 Å². The summed E-state index contributed by atoms with van der Waals surface area (Å²) in [4.78, 5) is 26.3. The minimum atomic E-state index is -0.322. The summed E-state index contributed by atoms with van der Waals surface area (Å²) >= 11 is 0. The molecule has 0 unspecified atom stereocenters. The summed E-state index contributed by atoms with van der Waals surface area (Å²) in [6.45, 7) is 4.63. The van der Waals surface area contributed by atoms with Crippen molar-refractivity contribution in [1.29, 1.82) is 0 Å². The van der Waals surface area contributed by atoms with Crippen molar-refractivity contribution in [2.45, 2.75) is 50.2 Å². The second kappa shape index (κ2) is 6.98. The Morgan fingerprint density at radius 3 is 2.67 bits per heavy atom. The minimum Gasteiger partial charge on any atom is -0.487 e. The summed E-state index contributed by atoms with van der Waals surface area (Å²) < 4.78 is 19.9. The van der Waals surface area contributed by atoms with Crippen LogP contribution in [0, 0.1) is 11.7 Å². The number of nitrogens with zero attached hydrogens (tertiary/aromatic N) is 1. The van der Waals surface area contributed by atoms with Gasteiger partial charge in [-0.15, -0.1) is 0 Å². The van der Waals surface area contributed by atoms with Gasteiger partial charge in [-0.25, -0.2) is 4.39 Å². The quantitative estimate of drug-likeness (QED) is 0.830. The molecule has 1 N–H and O–H groups in total. The standard InChI is InChI=1S/C21H25FN2O3/c1-2-19(25)24-10-6-14(7-11-24)20(26)23-17-13-21(8-3-9-21)27-18-5-4-15(22)12-16(17)18/h2,4-5,12,14,17H,1,3,6-11,13H2,(H,23,26)/t17-/m0/s1. The number of halogens is 1. The molecule has 4 rings (SSSR count). The number of fused-ring (bicyclic) bond motifs is 1. The van der Waals surface area contributed by atoms with Crippen LogP contribution in [0.5, 0.6) is 5.75 Å². The molecule has 3 aliphatic rings. The highest BCUT2D eigenvalue weighted by atomic mass is 19.1. The van der Waals surface area contributed by atoms with Crippen LogP contribution in [0.2, 0.25) is 0 Å². The lowest BCUT2D eigenvalue weighted by molar-refractivity contribution is -0.133. The topological polar surface area (TPSA) is 58.6 Å². The van der Waals surface area contributed by atoms with Gasteiger partial charge in [-0.1, -0.05) is 6.58 Å².